The van der Waals surface area contributed by atoms with Crippen LogP contribution in [0.3, 0.4) is 0 Å². The number of pyridine rings is 1. The number of alkyl halides is 3. The average Bonchev–Trinajstić information content (AvgIpc) is 2.80. The van der Waals surface area contributed by atoms with Crippen molar-refractivity contribution < 1.29 is 18.0 Å². The van der Waals surface area contributed by atoms with Crippen LogP contribution in [0.2, 0.25) is 0 Å². The number of halogens is 3. The van der Waals surface area contributed by atoms with Crippen LogP contribution in [0.1, 0.15) is 56.1 Å². The van der Waals surface area contributed by atoms with Crippen molar-refractivity contribution in [3.8, 4) is 0 Å². The van der Waals surface area contributed by atoms with E-state index in [-0.39, 0.29) is 11.9 Å². The van der Waals surface area contributed by atoms with Gasteiger partial charge in [-0.25, -0.2) is 4.98 Å². The molecule has 2 aliphatic rings. The number of benzene rings is 1. The summed E-state index contributed by atoms with van der Waals surface area (Å²) in [5.41, 5.74) is 0.466. The van der Waals surface area contributed by atoms with Gasteiger partial charge in [0.2, 0.25) is 5.91 Å². The van der Waals surface area contributed by atoms with Gasteiger partial charge in [0.1, 0.15) is 11.9 Å². The van der Waals surface area contributed by atoms with Crippen LogP contribution in [0.4, 0.5) is 19.0 Å². The molecule has 1 saturated heterocycles. The minimum atomic E-state index is -4.42. The van der Waals surface area contributed by atoms with E-state index in [4.69, 9.17) is 0 Å². The standard InChI is InChI=1S/C25H30F3N3O/c26-25(27,28)20-11-12-23(29-17-20)31-14-13-19(15-18-7-3-1-4-8-18)16-22(31)24(32)30-21-9-5-2-6-10-21/h1,3-4,7-8,11-12,17,19,21-22H,2,5-6,9-10,13-16H2,(H,30,32)/t19-,22+/m0/s1. The van der Waals surface area contributed by atoms with Crippen molar-refractivity contribution in [3.05, 3.63) is 59.8 Å². The van der Waals surface area contributed by atoms with Gasteiger partial charge in [0.25, 0.3) is 0 Å². The van der Waals surface area contributed by atoms with Gasteiger partial charge in [-0.15, -0.1) is 0 Å². The van der Waals surface area contributed by atoms with Crippen molar-refractivity contribution in [2.75, 3.05) is 11.4 Å². The van der Waals surface area contributed by atoms with Crippen LogP contribution in [-0.4, -0.2) is 29.5 Å². The van der Waals surface area contributed by atoms with Gasteiger partial charge in [0, 0.05) is 18.8 Å². The number of hydrogen-bond donors (Lipinski definition) is 1. The van der Waals surface area contributed by atoms with Gasteiger partial charge >= 0.3 is 6.18 Å². The van der Waals surface area contributed by atoms with Gasteiger partial charge in [-0.05, 0) is 55.7 Å². The molecule has 1 aromatic carbocycles. The second-order valence-electron chi connectivity index (χ2n) is 9.04. The molecule has 2 atom stereocenters. The van der Waals surface area contributed by atoms with Gasteiger partial charge < -0.3 is 10.2 Å². The first-order valence-electron chi connectivity index (χ1n) is 11.5. The molecule has 1 N–H and O–H groups in total. The summed E-state index contributed by atoms with van der Waals surface area (Å²) in [6, 6.07) is 12.4. The minimum Gasteiger partial charge on any atom is -0.352 e. The topological polar surface area (TPSA) is 45.2 Å². The van der Waals surface area contributed by atoms with Crippen LogP contribution in [0.25, 0.3) is 0 Å². The van der Waals surface area contributed by atoms with Crippen LogP contribution < -0.4 is 10.2 Å². The van der Waals surface area contributed by atoms with Crippen LogP contribution in [0.5, 0.6) is 0 Å². The van der Waals surface area contributed by atoms with E-state index in [2.05, 4.69) is 22.4 Å². The van der Waals surface area contributed by atoms with E-state index in [0.717, 1.165) is 50.8 Å². The number of carbonyl (C=O) groups is 1. The van der Waals surface area contributed by atoms with Crippen molar-refractivity contribution in [2.24, 2.45) is 5.92 Å². The molecular formula is C25H30F3N3O. The van der Waals surface area contributed by atoms with Crippen LogP contribution >= 0.6 is 0 Å². The van der Waals surface area contributed by atoms with E-state index < -0.39 is 17.8 Å². The molecule has 1 amide bonds. The molecule has 7 heteroatoms. The lowest BCUT2D eigenvalue weighted by molar-refractivity contribution is -0.137. The number of hydrogen-bond acceptors (Lipinski definition) is 3. The van der Waals surface area contributed by atoms with E-state index in [1.807, 2.05) is 23.1 Å². The summed E-state index contributed by atoms with van der Waals surface area (Å²) in [7, 11) is 0. The van der Waals surface area contributed by atoms with Gasteiger partial charge in [0.15, 0.2) is 0 Å². The normalized spacial score (nSPS) is 22.5. The monoisotopic (exact) mass is 445 g/mol. The minimum absolute atomic E-state index is 0.0311. The highest BCUT2D eigenvalue weighted by Crippen LogP contribution is 2.33. The maximum absolute atomic E-state index is 13.3. The average molecular weight is 446 g/mol. The quantitative estimate of drug-likeness (QED) is 0.672. The summed E-state index contributed by atoms with van der Waals surface area (Å²) in [4.78, 5) is 19.3. The van der Waals surface area contributed by atoms with Crippen molar-refractivity contribution in [3.63, 3.8) is 0 Å². The maximum Gasteiger partial charge on any atom is 0.417 e. The molecule has 1 aromatic heterocycles. The fourth-order valence-electron chi connectivity index (χ4n) is 4.96. The Morgan fingerprint density at radius 1 is 1.03 bits per heavy atom. The third-order valence-corrected chi connectivity index (χ3v) is 6.70. The van der Waals surface area contributed by atoms with Gasteiger partial charge in [-0.1, -0.05) is 49.6 Å². The Labute approximate surface area is 187 Å². The number of carbonyl (C=O) groups excluding carboxylic acids is 1. The molecule has 32 heavy (non-hydrogen) atoms. The molecule has 2 fully saturated rings. The van der Waals surface area contributed by atoms with Crippen molar-refractivity contribution in [1.82, 2.24) is 10.3 Å². The fourth-order valence-corrected chi connectivity index (χ4v) is 4.96. The third kappa shape index (κ3) is 5.61. The summed E-state index contributed by atoms with van der Waals surface area (Å²) in [6.45, 7) is 0.596. The Bertz CT molecular complexity index is 880. The summed E-state index contributed by atoms with van der Waals surface area (Å²) >= 11 is 0. The zero-order valence-electron chi connectivity index (χ0n) is 18.2. The van der Waals surface area contributed by atoms with E-state index in [9.17, 15) is 18.0 Å². The van der Waals surface area contributed by atoms with Gasteiger partial charge in [-0.3, -0.25) is 4.79 Å². The summed E-state index contributed by atoms with van der Waals surface area (Å²) in [5.74, 6) is 0.738. The third-order valence-electron chi connectivity index (χ3n) is 6.70. The lowest BCUT2D eigenvalue weighted by Crippen LogP contribution is -2.54. The van der Waals surface area contributed by atoms with E-state index in [0.29, 0.717) is 24.7 Å². The molecule has 4 rings (SSSR count). The number of aromatic nitrogens is 1. The van der Waals surface area contributed by atoms with Gasteiger partial charge in [0.05, 0.1) is 5.56 Å². The van der Waals surface area contributed by atoms with E-state index in [1.165, 1.54) is 18.1 Å². The highest BCUT2D eigenvalue weighted by atomic mass is 19.4. The molecule has 2 aromatic rings. The smallest absolute Gasteiger partial charge is 0.352 e. The molecule has 4 nitrogen and oxygen atoms in total. The molecular weight excluding hydrogens is 415 g/mol. The van der Waals surface area contributed by atoms with E-state index >= 15 is 0 Å². The Hall–Kier alpha value is -2.57. The molecule has 172 valence electrons. The van der Waals surface area contributed by atoms with Crippen molar-refractivity contribution in [2.45, 2.75) is 69.6 Å². The van der Waals surface area contributed by atoms with Crippen molar-refractivity contribution in [1.29, 1.82) is 0 Å². The molecule has 0 bridgehead atoms. The lowest BCUT2D eigenvalue weighted by Gasteiger charge is -2.40. The molecule has 0 spiro atoms. The first-order valence-corrected chi connectivity index (χ1v) is 11.5. The number of amides is 1. The number of piperidine rings is 1. The van der Waals surface area contributed by atoms with Gasteiger partial charge in [-0.2, -0.15) is 13.2 Å². The number of nitrogens with one attached hydrogen (secondary N) is 1. The van der Waals surface area contributed by atoms with E-state index in [1.54, 1.807) is 0 Å². The lowest BCUT2D eigenvalue weighted by atomic mass is 9.85. The molecule has 0 unspecified atom stereocenters. The molecule has 1 aliphatic heterocycles. The zero-order valence-corrected chi connectivity index (χ0v) is 18.2. The Kier molecular flexibility index (Phi) is 7.01. The highest BCUT2D eigenvalue weighted by Gasteiger charge is 2.36. The number of nitrogens with zero attached hydrogens (tertiary/aromatic N) is 2. The first-order chi connectivity index (χ1) is 15.4. The largest absolute Gasteiger partial charge is 0.417 e. The molecule has 1 saturated carbocycles. The second-order valence-corrected chi connectivity index (χ2v) is 9.04. The molecule has 2 heterocycles. The summed E-state index contributed by atoms with van der Waals surface area (Å²) in [6.07, 6.45) is 4.29. The maximum atomic E-state index is 13.3. The van der Waals surface area contributed by atoms with Crippen LogP contribution in [0.15, 0.2) is 48.7 Å². The first kappa shape index (κ1) is 22.6. The predicted molar refractivity (Wildman–Crippen MR) is 118 cm³/mol. The van der Waals surface area contributed by atoms with Crippen LogP contribution in [0, 0.1) is 5.92 Å². The highest BCUT2D eigenvalue weighted by molar-refractivity contribution is 5.85. The van der Waals surface area contributed by atoms with Crippen LogP contribution in [-0.2, 0) is 17.4 Å². The number of rotatable bonds is 5. The zero-order chi connectivity index (χ0) is 22.6. The summed E-state index contributed by atoms with van der Waals surface area (Å²) in [5, 5.41) is 3.22. The Morgan fingerprint density at radius 2 is 1.78 bits per heavy atom. The predicted octanol–water partition coefficient (Wildman–Crippen LogP) is 5.38. The Balaban J connectivity index is 1.51. The molecule has 1 aliphatic carbocycles. The van der Waals surface area contributed by atoms with Crippen molar-refractivity contribution >= 4 is 11.7 Å². The summed E-state index contributed by atoms with van der Waals surface area (Å²) < 4.78 is 38.9. The SMILES string of the molecule is O=C(NC1CCCCC1)[C@H]1C[C@H](Cc2ccccc2)CCN1c1ccc(C(F)(F)F)cn1. The Morgan fingerprint density at radius 3 is 2.44 bits per heavy atom. The second kappa shape index (κ2) is 9.92. The molecule has 0 radical (unpaired) electrons. The number of anilines is 1. The fraction of sp³-hybridized carbons (Fsp3) is 0.520.